The van der Waals surface area contributed by atoms with Crippen LogP contribution in [0, 0.1) is 0 Å². The minimum atomic E-state index is 0.00633. The first-order valence-electron chi connectivity index (χ1n) is 10.9. The molecule has 0 radical (unpaired) electrons. The molecule has 2 heterocycles. The van der Waals surface area contributed by atoms with Crippen LogP contribution in [0.15, 0.2) is 29.1 Å². The third-order valence-corrected chi connectivity index (χ3v) is 6.73. The summed E-state index contributed by atoms with van der Waals surface area (Å²) in [5.41, 5.74) is 3.25. The van der Waals surface area contributed by atoms with Gasteiger partial charge < -0.3 is 14.8 Å². The van der Waals surface area contributed by atoms with Gasteiger partial charge >= 0.3 is 0 Å². The first-order chi connectivity index (χ1) is 14.2. The number of aromatic nitrogens is 2. The number of piperidine rings is 1. The van der Waals surface area contributed by atoms with Crippen molar-refractivity contribution in [3.05, 3.63) is 57.3 Å². The number of aromatic amines is 1. The Labute approximate surface area is 170 Å². The maximum Gasteiger partial charge on any atom is 0.254 e. The first-order valence-corrected chi connectivity index (χ1v) is 10.9. The van der Waals surface area contributed by atoms with Crippen molar-refractivity contribution >= 4 is 0 Å². The Balaban J connectivity index is 1.40. The number of para-hydroxylation sites is 1. The molecule has 2 fully saturated rings. The molecule has 1 aliphatic heterocycles. The molecular formula is C23H29N3O3. The Bertz CT molecular complexity index is 953. The zero-order chi connectivity index (χ0) is 19.8. The molecule has 1 saturated heterocycles. The van der Waals surface area contributed by atoms with Crippen LogP contribution in [0.5, 0.6) is 5.75 Å². The van der Waals surface area contributed by atoms with Crippen LogP contribution < -0.4 is 10.3 Å². The highest BCUT2D eigenvalue weighted by molar-refractivity contribution is 5.36. The van der Waals surface area contributed by atoms with Crippen molar-refractivity contribution in [2.75, 3.05) is 26.3 Å². The summed E-state index contributed by atoms with van der Waals surface area (Å²) in [4.78, 5) is 23.2. The number of benzene rings is 1. The minimum Gasteiger partial charge on any atom is -0.491 e. The predicted octanol–water partition coefficient (Wildman–Crippen LogP) is 2.50. The van der Waals surface area contributed by atoms with Gasteiger partial charge in [0.1, 0.15) is 18.2 Å². The van der Waals surface area contributed by atoms with E-state index in [4.69, 9.17) is 14.8 Å². The van der Waals surface area contributed by atoms with Gasteiger partial charge in [-0.3, -0.25) is 9.69 Å². The lowest BCUT2D eigenvalue weighted by Gasteiger charge is -2.40. The van der Waals surface area contributed by atoms with E-state index in [1.165, 1.54) is 0 Å². The molecule has 3 aliphatic rings. The van der Waals surface area contributed by atoms with Gasteiger partial charge in [0.2, 0.25) is 0 Å². The molecule has 1 aromatic heterocycles. The molecule has 1 saturated carbocycles. The van der Waals surface area contributed by atoms with Crippen LogP contribution in [0.4, 0.5) is 0 Å². The molecule has 2 aliphatic carbocycles. The third kappa shape index (κ3) is 3.60. The molecule has 1 atom stereocenters. The van der Waals surface area contributed by atoms with Crippen molar-refractivity contribution in [2.24, 2.45) is 0 Å². The lowest BCUT2D eigenvalue weighted by molar-refractivity contribution is 0.134. The molecule has 5 rings (SSSR count). The molecule has 2 aromatic rings. The van der Waals surface area contributed by atoms with E-state index in [1.54, 1.807) is 0 Å². The molecule has 6 nitrogen and oxygen atoms in total. The Morgan fingerprint density at radius 3 is 2.97 bits per heavy atom. The maximum atomic E-state index is 12.7. The van der Waals surface area contributed by atoms with Crippen LogP contribution in [0.2, 0.25) is 0 Å². The number of ether oxygens (including phenoxy) is 1. The molecule has 29 heavy (non-hydrogen) atoms. The van der Waals surface area contributed by atoms with Gasteiger partial charge in [-0.05, 0) is 51.1 Å². The number of rotatable bonds is 6. The smallest absolute Gasteiger partial charge is 0.254 e. The molecule has 1 unspecified atom stereocenters. The van der Waals surface area contributed by atoms with E-state index < -0.39 is 0 Å². The van der Waals surface area contributed by atoms with Crippen LogP contribution >= 0.6 is 0 Å². The van der Waals surface area contributed by atoms with Crippen molar-refractivity contribution in [1.29, 1.82) is 0 Å². The van der Waals surface area contributed by atoms with Gasteiger partial charge in [0, 0.05) is 35.5 Å². The van der Waals surface area contributed by atoms with E-state index in [9.17, 15) is 4.79 Å². The number of nitrogens with zero attached hydrogens (tertiary/aromatic N) is 2. The van der Waals surface area contributed by atoms with E-state index in [0.717, 1.165) is 86.6 Å². The quantitative estimate of drug-likeness (QED) is 0.786. The summed E-state index contributed by atoms with van der Waals surface area (Å²) < 4.78 is 5.73. The minimum absolute atomic E-state index is 0.00633. The van der Waals surface area contributed by atoms with E-state index in [-0.39, 0.29) is 17.6 Å². The summed E-state index contributed by atoms with van der Waals surface area (Å²) in [5, 5.41) is 9.09. The van der Waals surface area contributed by atoms with Crippen LogP contribution in [-0.2, 0) is 18.4 Å². The molecule has 0 amide bonds. The van der Waals surface area contributed by atoms with Crippen molar-refractivity contribution in [3.8, 4) is 5.75 Å². The second kappa shape index (κ2) is 7.58. The average molecular weight is 396 g/mol. The Morgan fingerprint density at radius 1 is 1.28 bits per heavy atom. The van der Waals surface area contributed by atoms with Crippen LogP contribution in [0.25, 0.3) is 0 Å². The Kier molecular flexibility index (Phi) is 4.92. The van der Waals surface area contributed by atoms with Crippen LogP contribution in [0.1, 0.15) is 60.7 Å². The van der Waals surface area contributed by atoms with Gasteiger partial charge in [0.25, 0.3) is 5.56 Å². The van der Waals surface area contributed by atoms with Gasteiger partial charge in [-0.15, -0.1) is 0 Å². The second-order valence-electron chi connectivity index (χ2n) is 8.83. The molecule has 6 heteroatoms. The number of aliphatic hydroxyl groups is 1. The Hall–Kier alpha value is -2.18. The summed E-state index contributed by atoms with van der Waals surface area (Å²) in [7, 11) is 0. The van der Waals surface area contributed by atoms with E-state index in [1.807, 2.05) is 18.2 Å². The van der Waals surface area contributed by atoms with Gasteiger partial charge in [-0.2, -0.15) is 0 Å². The topological polar surface area (TPSA) is 78.5 Å². The standard InChI is InChI=1S/C23H29N3O3/c27-12-13-29-19-5-2-1-4-17(19)14-26-11-3-9-23(15-26)10-8-18-20(23)24-21(16-6-7-16)25-22(18)28/h1-2,4-5,16,27H,3,6-15H2,(H,24,25,28). The molecule has 0 bridgehead atoms. The van der Waals surface area contributed by atoms with Crippen molar-refractivity contribution < 1.29 is 9.84 Å². The number of hydrogen-bond donors (Lipinski definition) is 2. The van der Waals surface area contributed by atoms with Gasteiger partial charge in [0.15, 0.2) is 0 Å². The zero-order valence-electron chi connectivity index (χ0n) is 16.8. The van der Waals surface area contributed by atoms with Crippen molar-refractivity contribution in [1.82, 2.24) is 14.9 Å². The number of aliphatic hydroxyl groups excluding tert-OH is 1. The van der Waals surface area contributed by atoms with E-state index >= 15 is 0 Å². The second-order valence-corrected chi connectivity index (χ2v) is 8.83. The molecule has 1 spiro atoms. The van der Waals surface area contributed by atoms with Crippen LogP contribution in [-0.4, -0.2) is 46.3 Å². The SMILES string of the molecule is O=c1[nH]c(C2CC2)nc2c1CCC21CCCN(Cc2ccccc2OCCO)C1. The van der Waals surface area contributed by atoms with E-state index in [0.29, 0.717) is 12.5 Å². The maximum absolute atomic E-state index is 12.7. The number of nitrogens with one attached hydrogen (secondary N) is 1. The highest BCUT2D eigenvalue weighted by Gasteiger charge is 2.45. The fourth-order valence-corrected chi connectivity index (χ4v) is 5.15. The summed E-state index contributed by atoms with van der Waals surface area (Å²) in [6.07, 6.45) is 6.38. The third-order valence-electron chi connectivity index (χ3n) is 6.73. The lowest BCUT2D eigenvalue weighted by Crippen LogP contribution is -2.45. The van der Waals surface area contributed by atoms with Crippen molar-refractivity contribution in [3.63, 3.8) is 0 Å². The molecule has 1 aromatic carbocycles. The summed E-state index contributed by atoms with van der Waals surface area (Å²) in [6, 6.07) is 8.08. The predicted molar refractivity (Wildman–Crippen MR) is 110 cm³/mol. The summed E-state index contributed by atoms with van der Waals surface area (Å²) in [5.74, 6) is 2.22. The first kappa shape index (κ1) is 18.8. The normalized spacial score (nSPS) is 24.0. The fourth-order valence-electron chi connectivity index (χ4n) is 5.15. The van der Waals surface area contributed by atoms with Gasteiger partial charge in [-0.25, -0.2) is 4.98 Å². The number of H-pyrrole nitrogens is 1. The molecule has 154 valence electrons. The van der Waals surface area contributed by atoms with Crippen LogP contribution in [0.3, 0.4) is 0 Å². The Morgan fingerprint density at radius 2 is 2.14 bits per heavy atom. The van der Waals surface area contributed by atoms with Gasteiger partial charge in [-0.1, -0.05) is 18.2 Å². The summed E-state index contributed by atoms with van der Waals surface area (Å²) in [6.45, 7) is 3.13. The summed E-state index contributed by atoms with van der Waals surface area (Å²) >= 11 is 0. The number of likely N-dealkylation sites (tertiary alicyclic amines) is 1. The number of fused-ring (bicyclic) bond motifs is 2. The highest BCUT2D eigenvalue weighted by atomic mass is 16.5. The molecule has 2 N–H and O–H groups in total. The monoisotopic (exact) mass is 395 g/mol. The zero-order valence-corrected chi connectivity index (χ0v) is 16.8. The van der Waals surface area contributed by atoms with Gasteiger partial charge in [0.05, 0.1) is 12.3 Å². The fraction of sp³-hybridized carbons (Fsp3) is 0.565. The molecular weight excluding hydrogens is 366 g/mol. The lowest BCUT2D eigenvalue weighted by atomic mass is 9.77. The van der Waals surface area contributed by atoms with E-state index in [2.05, 4.69) is 16.0 Å². The highest BCUT2D eigenvalue weighted by Crippen LogP contribution is 2.45. The number of hydrogen-bond acceptors (Lipinski definition) is 5. The largest absolute Gasteiger partial charge is 0.491 e. The average Bonchev–Trinajstić information content (AvgIpc) is 3.52. The van der Waals surface area contributed by atoms with Crippen molar-refractivity contribution in [2.45, 2.75) is 56.4 Å².